The van der Waals surface area contributed by atoms with Gasteiger partial charge in [0, 0.05) is 26.2 Å². The van der Waals surface area contributed by atoms with Crippen molar-refractivity contribution in [2.45, 2.75) is 39.7 Å². The molecule has 6 heteroatoms. The molecule has 1 fully saturated rings. The number of rotatable bonds is 7. The molecule has 0 saturated carbocycles. The van der Waals surface area contributed by atoms with Crippen molar-refractivity contribution in [3.63, 3.8) is 0 Å². The molecule has 3 rings (SSSR count). The van der Waals surface area contributed by atoms with Crippen LogP contribution in [0.2, 0.25) is 0 Å². The Balaban J connectivity index is 1.51. The second-order valence-electron chi connectivity index (χ2n) is 6.89. The van der Waals surface area contributed by atoms with Gasteiger partial charge in [-0.2, -0.15) is 0 Å². The Morgan fingerprint density at radius 3 is 2.73 bits per heavy atom. The van der Waals surface area contributed by atoms with E-state index in [-0.39, 0.29) is 0 Å². The fourth-order valence-electron chi connectivity index (χ4n) is 3.59. The minimum Gasteiger partial charge on any atom is -0.357 e. The van der Waals surface area contributed by atoms with Gasteiger partial charge in [-0.05, 0) is 51.9 Å². The summed E-state index contributed by atoms with van der Waals surface area (Å²) in [6.45, 7) is 11.1. The Morgan fingerprint density at radius 1 is 1.12 bits per heavy atom. The van der Waals surface area contributed by atoms with Crippen LogP contribution in [0.25, 0.3) is 11.0 Å². The van der Waals surface area contributed by atoms with Gasteiger partial charge in [0.25, 0.3) is 0 Å². The van der Waals surface area contributed by atoms with Crippen LogP contribution in [0.4, 0.5) is 0 Å². The molecule has 2 N–H and O–H groups in total. The molecule has 0 amide bonds. The molecule has 1 saturated heterocycles. The van der Waals surface area contributed by atoms with Crippen LogP contribution in [0.15, 0.2) is 29.3 Å². The van der Waals surface area contributed by atoms with Gasteiger partial charge in [-0.25, -0.2) is 4.98 Å². The first-order valence-corrected chi connectivity index (χ1v) is 9.94. The van der Waals surface area contributed by atoms with Gasteiger partial charge in [-0.1, -0.05) is 18.6 Å². The van der Waals surface area contributed by atoms with Crippen LogP contribution in [0.3, 0.4) is 0 Å². The quantitative estimate of drug-likeness (QED) is 0.591. The average Bonchev–Trinajstić information content (AvgIpc) is 2.98. The van der Waals surface area contributed by atoms with E-state index in [4.69, 9.17) is 4.99 Å². The van der Waals surface area contributed by atoms with E-state index in [1.54, 1.807) is 0 Å². The zero-order valence-electron chi connectivity index (χ0n) is 16.2. The maximum atomic E-state index is 4.74. The van der Waals surface area contributed by atoms with Crippen molar-refractivity contribution in [3.05, 3.63) is 30.1 Å². The zero-order chi connectivity index (χ0) is 18.2. The Bertz CT molecular complexity index is 714. The topological polar surface area (TPSA) is 57.5 Å². The van der Waals surface area contributed by atoms with E-state index in [0.29, 0.717) is 0 Å². The number of likely N-dealkylation sites (tertiary alicyclic amines) is 1. The average molecular weight is 357 g/mol. The highest BCUT2D eigenvalue weighted by molar-refractivity contribution is 5.79. The molecule has 1 aromatic carbocycles. The summed E-state index contributed by atoms with van der Waals surface area (Å²) in [5.74, 6) is 1.96. The van der Waals surface area contributed by atoms with Gasteiger partial charge >= 0.3 is 0 Å². The van der Waals surface area contributed by atoms with Gasteiger partial charge < -0.3 is 20.1 Å². The standard InChI is InChI=1S/C20H32N6/c1-3-21-20(22-11-15-25-13-7-4-8-14-25)23-12-16-26-17(2)24-18-9-5-6-10-19(18)26/h5-6,9-10H,3-4,7-8,11-16H2,1-2H3,(H2,21,22,23). The third-order valence-corrected chi connectivity index (χ3v) is 4.95. The Hall–Kier alpha value is -2.08. The molecule has 0 unspecified atom stereocenters. The molecule has 26 heavy (non-hydrogen) atoms. The number of hydrogen-bond donors (Lipinski definition) is 2. The number of fused-ring (bicyclic) bond motifs is 1. The van der Waals surface area contributed by atoms with Crippen LogP contribution in [0, 0.1) is 6.92 Å². The molecule has 0 radical (unpaired) electrons. The molecule has 0 atom stereocenters. The van der Waals surface area contributed by atoms with Gasteiger partial charge in [0.05, 0.1) is 17.6 Å². The fraction of sp³-hybridized carbons (Fsp3) is 0.600. The van der Waals surface area contributed by atoms with E-state index >= 15 is 0 Å². The summed E-state index contributed by atoms with van der Waals surface area (Å²) in [5.41, 5.74) is 2.26. The second-order valence-corrected chi connectivity index (χ2v) is 6.89. The minimum absolute atomic E-state index is 0.830. The maximum Gasteiger partial charge on any atom is 0.191 e. The van der Waals surface area contributed by atoms with Crippen LogP contribution in [0.1, 0.15) is 32.0 Å². The number of nitrogens with zero attached hydrogens (tertiary/aromatic N) is 4. The molecular formula is C20H32N6. The first kappa shape index (κ1) is 18.7. The normalized spacial score (nSPS) is 16.2. The van der Waals surface area contributed by atoms with Crippen LogP contribution in [0.5, 0.6) is 0 Å². The number of imidazole rings is 1. The van der Waals surface area contributed by atoms with E-state index in [1.807, 2.05) is 6.07 Å². The first-order chi connectivity index (χ1) is 12.8. The number of piperidine rings is 1. The van der Waals surface area contributed by atoms with Gasteiger partial charge in [0.2, 0.25) is 0 Å². The zero-order valence-corrected chi connectivity index (χ0v) is 16.2. The monoisotopic (exact) mass is 356 g/mol. The Morgan fingerprint density at radius 2 is 1.92 bits per heavy atom. The molecule has 1 aliphatic rings. The lowest BCUT2D eigenvalue weighted by molar-refractivity contribution is 0.235. The van der Waals surface area contributed by atoms with E-state index in [0.717, 1.165) is 50.0 Å². The van der Waals surface area contributed by atoms with Crippen LogP contribution < -0.4 is 10.6 Å². The lowest BCUT2D eigenvalue weighted by Gasteiger charge is -2.25. The number of guanidine groups is 1. The summed E-state index contributed by atoms with van der Waals surface area (Å²) >= 11 is 0. The lowest BCUT2D eigenvalue weighted by atomic mass is 10.1. The molecule has 2 aromatic rings. The SMILES string of the molecule is CCNC(=NCCN1CCCCC1)NCCn1c(C)nc2ccccc21. The molecule has 1 aromatic heterocycles. The highest BCUT2D eigenvalue weighted by atomic mass is 15.2. The summed E-state index contributed by atoms with van der Waals surface area (Å²) in [4.78, 5) is 11.9. The summed E-state index contributed by atoms with van der Waals surface area (Å²) in [6.07, 6.45) is 4.05. The summed E-state index contributed by atoms with van der Waals surface area (Å²) < 4.78 is 2.26. The smallest absolute Gasteiger partial charge is 0.191 e. The number of para-hydroxylation sites is 2. The van der Waals surface area contributed by atoms with Crippen LogP contribution in [-0.4, -0.2) is 59.7 Å². The van der Waals surface area contributed by atoms with Crippen LogP contribution >= 0.6 is 0 Å². The van der Waals surface area contributed by atoms with E-state index < -0.39 is 0 Å². The highest BCUT2D eigenvalue weighted by Gasteiger charge is 2.09. The third kappa shape index (κ3) is 4.97. The van der Waals surface area contributed by atoms with Crippen molar-refractivity contribution in [1.29, 1.82) is 0 Å². The second kappa shape index (κ2) is 9.57. The van der Waals surface area contributed by atoms with Gasteiger partial charge in [-0.15, -0.1) is 0 Å². The van der Waals surface area contributed by atoms with Crippen molar-refractivity contribution in [3.8, 4) is 0 Å². The van der Waals surface area contributed by atoms with Gasteiger partial charge in [0.15, 0.2) is 5.96 Å². The predicted molar refractivity (Wildman–Crippen MR) is 109 cm³/mol. The predicted octanol–water partition coefficient (Wildman–Crippen LogP) is 2.39. The number of aryl methyl sites for hydroxylation is 1. The number of aromatic nitrogens is 2. The Labute approximate surface area is 156 Å². The molecule has 2 heterocycles. The third-order valence-electron chi connectivity index (χ3n) is 4.95. The minimum atomic E-state index is 0.830. The van der Waals surface area contributed by atoms with Crippen molar-refractivity contribution in [1.82, 2.24) is 25.1 Å². The number of benzene rings is 1. The Kier molecular flexibility index (Phi) is 6.89. The van der Waals surface area contributed by atoms with Crippen molar-refractivity contribution in [2.24, 2.45) is 4.99 Å². The van der Waals surface area contributed by atoms with Gasteiger partial charge in [0.1, 0.15) is 5.82 Å². The number of nitrogens with one attached hydrogen (secondary N) is 2. The fourth-order valence-corrected chi connectivity index (χ4v) is 3.59. The van der Waals surface area contributed by atoms with Crippen LogP contribution in [-0.2, 0) is 6.54 Å². The molecule has 142 valence electrons. The summed E-state index contributed by atoms with van der Waals surface area (Å²) in [5, 5.41) is 6.81. The molecule has 6 nitrogen and oxygen atoms in total. The molecule has 0 aliphatic carbocycles. The molecule has 0 bridgehead atoms. The summed E-state index contributed by atoms with van der Waals surface area (Å²) in [6, 6.07) is 8.31. The highest BCUT2D eigenvalue weighted by Crippen LogP contribution is 2.14. The van der Waals surface area contributed by atoms with Crippen molar-refractivity contribution in [2.75, 3.05) is 39.3 Å². The lowest BCUT2D eigenvalue weighted by Crippen LogP contribution is -2.40. The molecule has 0 spiro atoms. The largest absolute Gasteiger partial charge is 0.357 e. The van der Waals surface area contributed by atoms with Gasteiger partial charge in [-0.3, -0.25) is 4.99 Å². The molecular weight excluding hydrogens is 324 g/mol. The van der Waals surface area contributed by atoms with Crippen molar-refractivity contribution < 1.29 is 0 Å². The first-order valence-electron chi connectivity index (χ1n) is 9.94. The van der Waals surface area contributed by atoms with E-state index in [9.17, 15) is 0 Å². The maximum absolute atomic E-state index is 4.74. The number of aliphatic imine (C=N–C) groups is 1. The molecule has 1 aliphatic heterocycles. The van der Waals surface area contributed by atoms with Crippen molar-refractivity contribution >= 4 is 17.0 Å². The number of hydrogen-bond acceptors (Lipinski definition) is 3. The van der Waals surface area contributed by atoms with E-state index in [2.05, 4.69) is 57.1 Å². The van der Waals surface area contributed by atoms with E-state index in [1.165, 1.54) is 37.9 Å². The summed E-state index contributed by atoms with van der Waals surface area (Å²) in [7, 11) is 0.